The molecule has 1 saturated heterocycles. The van der Waals surface area contributed by atoms with E-state index in [9.17, 15) is 13.7 Å². The number of sulfone groups is 1. The van der Waals surface area contributed by atoms with Crippen LogP contribution >= 0.6 is 15.9 Å². The van der Waals surface area contributed by atoms with Crippen LogP contribution in [0.4, 0.5) is 0 Å². The van der Waals surface area contributed by atoms with E-state index in [-0.39, 0.29) is 23.1 Å². The molecule has 0 bridgehead atoms. The molecule has 2 aliphatic heterocycles. The standard InChI is InChI=1S/C19H21BrN2O2S/c1-11-15(10-21)17(12-6-8-13(20)9-7-12)19-18(22-11)14-4-2-3-5-16(14)25(19,23)24/h6-9,14-19H,2-5H2,1H3. The van der Waals surface area contributed by atoms with Crippen LogP contribution in [-0.4, -0.2) is 30.7 Å². The highest BCUT2D eigenvalue weighted by Gasteiger charge is 2.60. The van der Waals surface area contributed by atoms with Crippen LogP contribution in [0.25, 0.3) is 0 Å². The maximum Gasteiger partial charge on any atom is 0.159 e. The van der Waals surface area contributed by atoms with Gasteiger partial charge in [0.15, 0.2) is 9.84 Å². The minimum atomic E-state index is -3.29. The molecule has 2 heterocycles. The molecule has 3 aliphatic rings. The molecule has 1 aromatic carbocycles. The van der Waals surface area contributed by atoms with Crippen LogP contribution in [0, 0.1) is 23.2 Å². The minimum absolute atomic E-state index is 0.122. The summed E-state index contributed by atoms with van der Waals surface area (Å²) in [5.41, 5.74) is 1.72. The maximum atomic E-state index is 13.4. The average molecular weight is 421 g/mol. The third-order valence-electron chi connectivity index (χ3n) is 6.24. The van der Waals surface area contributed by atoms with Crippen LogP contribution in [-0.2, 0) is 9.84 Å². The fourth-order valence-corrected chi connectivity index (χ4v) is 8.48. The second-order valence-corrected chi connectivity index (χ2v) is 10.7. The zero-order valence-corrected chi connectivity index (χ0v) is 16.5. The largest absolute Gasteiger partial charge is 0.288 e. The van der Waals surface area contributed by atoms with Gasteiger partial charge >= 0.3 is 0 Å². The number of hydrogen-bond acceptors (Lipinski definition) is 4. The highest BCUT2D eigenvalue weighted by Crippen LogP contribution is 2.52. The molecule has 4 rings (SSSR count). The van der Waals surface area contributed by atoms with Crippen molar-refractivity contribution in [1.82, 2.24) is 0 Å². The summed E-state index contributed by atoms with van der Waals surface area (Å²) in [6.07, 6.45) is 3.75. The Hall–Kier alpha value is -1.19. The molecule has 0 amide bonds. The Morgan fingerprint density at radius 3 is 2.56 bits per heavy atom. The van der Waals surface area contributed by atoms with Crippen LogP contribution < -0.4 is 0 Å². The van der Waals surface area contributed by atoms with Crippen LogP contribution in [0.5, 0.6) is 0 Å². The van der Waals surface area contributed by atoms with Crippen molar-refractivity contribution in [2.24, 2.45) is 16.8 Å². The number of halogens is 1. The van der Waals surface area contributed by atoms with Crippen molar-refractivity contribution >= 4 is 31.5 Å². The molecule has 4 nitrogen and oxygen atoms in total. The van der Waals surface area contributed by atoms with Gasteiger partial charge in [0.2, 0.25) is 0 Å². The van der Waals surface area contributed by atoms with Gasteiger partial charge in [-0.25, -0.2) is 8.42 Å². The summed E-state index contributed by atoms with van der Waals surface area (Å²) >= 11 is 3.44. The zero-order chi connectivity index (χ0) is 17.8. The van der Waals surface area contributed by atoms with E-state index in [4.69, 9.17) is 4.99 Å². The highest BCUT2D eigenvalue weighted by atomic mass is 79.9. The van der Waals surface area contributed by atoms with Gasteiger partial charge in [-0.1, -0.05) is 40.9 Å². The third-order valence-corrected chi connectivity index (χ3v) is 9.53. The lowest BCUT2D eigenvalue weighted by Gasteiger charge is -2.36. The predicted molar refractivity (Wildman–Crippen MR) is 101 cm³/mol. The molecule has 0 N–H and O–H groups in total. The van der Waals surface area contributed by atoms with Gasteiger partial charge in [0, 0.05) is 16.1 Å². The molecular formula is C19H21BrN2O2S. The normalized spacial score (nSPS) is 39.0. The molecule has 6 unspecified atom stereocenters. The molecular weight excluding hydrogens is 400 g/mol. The molecule has 6 atom stereocenters. The van der Waals surface area contributed by atoms with Crippen LogP contribution in [0.3, 0.4) is 0 Å². The second kappa shape index (κ2) is 6.21. The molecule has 0 spiro atoms. The number of benzene rings is 1. The van der Waals surface area contributed by atoms with E-state index >= 15 is 0 Å². The van der Waals surface area contributed by atoms with Gasteiger partial charge in [-0.3, -0.25) is 4.99 Å². The summed E-state index contributed by atoms with van der Waals surface area (Å²) in [6, 6.07) is 9.91. The lowest BCUT2D eigenvalue weighted by molar-refractivity contribution is 0.312. The summed E-state index contributed by atoms with van der Waals surface area (Å²) in [5, 5.41) is 8.93. The first-order valence-electron chi connectivity index (χ1n) is 8.87. The Bertz CT molecular complexity index is 856. The third kappa shape index (κ3) is 2.59. The number of nitriles is 1. The summed E-state index contributed by atoms with van der Waals surface area (Å²) in [4.78, 5) is 4.78. The smallest absolute Gasteiger partial charge is 0.159 e. The van der Waals surface area contributed by atoms with Gasteiger partial charge in [0.25, 0.3) is 0 Å². The van der Waals surface area contributed by atoms with Crippen molar-refractivity contribution in [3.63, 3.8) is 0 Å². The van der Waals surface area contributed by atoms with Crippen LogP contribution in [0.15, 0.2) is 33.7 Å². The number of aliphatic imine (C=N–C) groups is 1. The number of hydrogen-bond donors (Lipinski definition) is 0. The first kappa shape index (κ1) is 17.2. The molecule has 1 aliphatic carbocycles. The second-order valence-electron chi connectivity index (χ2n) is 7.49. The van der Waals surface area contributed by atoms with E-state index in [1.807, 2.05) is 31.2 Å². The number of rotatable bonds is 1. The average Bonchev–Trinajstić information content (AvgIpc) is 2.82. The summed E-state index contributed by atoms with van der Waals surface area (Å²) < 4.78 is 27.7. The van der Waals surface area contributed by atoms with E-state index in [2.05, 4.69) is 22.0 Å². The molecule has 1 aromatic rings. The van der Waals surface area contributed by atoms with Gasteiger partial charge < -0.3 is 0 Å². The minimum Gasteiger partial charge on any atom is -0.288 e. The lowest BCUT2D eigenvalue weighted by atomic mass is 9.72. The Kier molecular flexibility index (Phi) is 4.28. The number of nitrogens with zero attached hydrogens (tertiary/aromatic N) is 2. The van der Waals surface area contributed by atoms with Crippen molar-refractivity contribution in [3.05, 3.63) is 34.3 Å². The van der Waals surface area contributed by atoms with E-state index < -0.39 is 21.0 Å². The monoisotopic (exact) mass is 420 g/mol. The Balaban J connectivity index is 1.88. The van der Waals surface area contributed by atoms with Crippen molar-refractivity contribution in [1.29, 1.82) is 5.26 Å². The van der Waals surface area contributed by atoms with E-state index in [1.165, 1.54) is 0 Å². The van der Waals surface area contributed by atoms with Crippen molar-refractivity contribution < 1.29 is 8.42 Å². The van der Waals surface area contributed by atoms with Crippen molar-refractivity contribution in [2.45, 2.75) is 55.1 Å². The van der Waals surface area contributed by atoms with E-state index in [0.717, 1.165) is 41.4 Å². The molecule has 25 heavy (non-hydrogen) atoms. The molecule has 0 aromatic heterocycles. The Labute approximate surface area is 157 Å². The maximum absolute atomic E-state index is 13.4. The topological polar surface area (TPSA) is 70.3 Å². The van der Waals surface area contributed by atoms with E-state index in [0.29, 0.717) is 0 Å². The van der Waals surface area contributed by atoms with Gasteiger partial charge in [-0.05, 0) is 43.4 Å². The Morgan fingerprint density at radius 2 is 1.88 bits per heavy atom. The molecule has 6 heteroatoms. The number of fused-ring (bicyclic) bond motifs is 3. The van der Waals surface area contributed by atoms with Crippen LogP contribution in [0.1, 0.15) is 44.1 Å². The highest BCUT2D eigenvalue weighted by molar-refractivity contribution is 9.10. The molecule has 0 radical (unpaired) electrons. The first-order valence-corrected chi connectivity index (χ1v) is 11.3. The molecule has 2 fully saturated rings. The van der Waals surface area contributed by atoms with Crippen LogP contribution in [0.2, 0.25) is 0 Å². The van der Waals surface area contributed by atoms with Crippen molar-refractivity contribution in [3.8, 4) is 6.07 Å². The molecule has 132 valence electrons. The SMILES string of the molecule is CC1=NC2C3CCCCC3S(=O)(=O)C2C(c2ccc(Br)cc2)C1C#N. The fraction of sp³-hybridized carbons (Fsp3) is 0.579. The summed E-state index contributed by atoms with van der Waals surface area (Å²) in [7, 11) is -3.29. The van der Waals surface area contributed by atoms with Gasteiger partial charge in [0.1, 0.15) is 0 Å². The Morgan fingerprint density at radius 1 is 1.20 bits per heavy atom. The van der Waals surface area contributed by atoms with Gasteiger partial charge in [-0.2, -0.15) is 5.26 Å². The first-order chi connectivity index (χ1) is 11.9. The lowest BCUT2D eigenvalue weighted by Crippen LogP contribution is -2.43. The van der Waals surface area contributed by atoms with Gasteiger partial charge in [-0.15, -0.1) is 0 Å². The zero-order valence-electron chi connectivity index (χ0n) is 14.1. The van der Waals surface area contributed by atoms with E-state index in [1.54, 1.807) is 0 Å². The van der Waals surface area contributed by atoms with Crippen molar-refractivity contribution in [2.75, 3.05) is 0 Å². The summed E-state index contributed by atoms with van der Waals surface area (Å²) in [6.45, 7) is 1.89. The summed E-state index contributed by atoms with van der Waals surface area (Å²) in [5.74, 6) is -0.676. The quantitative estimate of drug-likeness (QED) is 0.691. The molecule has 1 saturated carbocycles. The fourth-order valence-electron chi connectivity index (χ4n) is 5.16. The van der Waals surface area contributed by atoms with Gasteiger partial charge in [0.05, 0.1) is 28.5 Å². The predicted octanol–water partition coefficient (Wildman–Crippen LogP) is 3.87.